The summed E-state index contributed by atoms with van der Waals surface area (Å²) < 4.78 is 72.4. The molecule has 3 N–H and O–H groups in total. The highest BCUT2D eigenvalue weighted by Gasteiger charge is 2.48. The second-order valence-electron chi connectivity index (χ2n) is 16.2. The molecule has 2 fully saturated rings. The molecular formula is C43H48F4N8O6. The smallest absolute Gasteiger partial charge is 0.409 e. The Labute approximate surface area is 349 Å². The van der Waals surface area contributed by atoms with Crippen LogP contribution in [0.3, 0.4) is 0 Å². The molecule has 5 heterocycles. The SMILES string of the molecule is C=CC(=O)Nc1cc(Nc2nc(-c3ccnc(N4CCOc5cc(C(C)(C)C)cc(F)c5C4=O)c3CO)cn(C)c2=O)ccc1N1CCN(C2CCOCC2)C[C@@H]1C(F)(F)F. The third-order valence-electron chi connectivity index (χ3n) is 11.3. The topological polar surface area (TPSA) is 154 Å². The van der Waals surface area contributed by atoms with Crippen molar-refractivity contribution in [2.45, 2.75) is 63.9 Å². The summed E-state index contributed by atoms with van der Waals surface area (Å²) in [6, 6.07) is 6.96. The second-order valence-corrected chi connectivity index (χ2v) is 16.2. The first kappa shape index (κ1) is 43.2. The van der Waals surface area contributed by atoms with Crippen molar-refractivity contribution in [3.8, 4) is 17.0 Å². The maximum atomic E-state index is 15.7. The van der Waals surface area contributed by atoms with Gasteiger partial charge < -0.3 is 34.7 Å². The third-order valence-corrected chi connectivity index (χ3v) is 11.3. The summed E-state index contributed by atoms with van der Waals surface area (Å²) in [5.74, 6) is -2.19. The van der Waals surface area contributed by atoms with Crippen molar-refractivity contribution in [3.63, 3.8) is 0 Å². The quantitative estimate of drug-likeness (QED) is 0.136. The number of nitrogens with zero attached hydrogens (tertiary/aromatic N) is 6. The van der Waals surface area contributed by atoms with Gasteiger partial charge in [-0.3, -0.25) is 24.2 Å². The number of alkyl halides is 3. The van der Waals surface area contributed by atoms with E-state index < -0.39 is 47.4 Å². The molecule has 324 valence electrons. The van der Waals surface area contributed by atoms with Crippen molar-refractivity contribution in [2.24, 2.45) is 7.05 Å². The minimum atomic E-state index is -4.59. The van der Waals surface area contributed by atoms with Crippen LogP contribution in [0.2, 0.25) is 0 Å². The lowest BCUT2D eigenvalue weighted by molar-refractivity contribution is -0.159. The van der Waals surface area contributed by atoms with Crippen molar-refractivity contribution in [2.75, 3.05) is 66.4 Å². The number of piperazine rings is 1. The number of rotatable bonds is 9. The predicted octanol–water partition coefficient (Wildman–Crippen LogP) is 5.91. The summed E-state index contributed by atoms with van der Waals surface area (Å²) in [7, 11) is 1.48. The number of fused-ring (bicyclic) bond motifs is 1. The van der Waals surface area contributed by atoms with Crippen LogP contribution in [-0.2, 0) is 28.6 Å². The van der Waals surface area contributed by atoms with Crippen LogP contribution in [0.4, 0.5) is 46.3 Å². The van der Waals surface area contributed by atoms with E-state index in [9.17, 15) is 32.7 Å². The molecule has 2 aromatic heterocycles. The molecule has 7 rings (SSSR count). The number of nitrogens with one attached hydrogen (secondary N) is 2. The van der Waals surface area contributed by atoms with E-state index >= 15 is 4.39 Å². The molecule has 0 unspecified atom stereocenters. The number of aryl methyl sites for hydroxylation is 1. The summed E-state index contributed by atoms with van der Waals surface area (Å²) >= 11 is 0. The van der Waals surface area contributed by atoms with Crippen LogP contribution in [0.25, 0.3) is 11.3 Å². The molecule has 1 atom stereocenters. The molecule has 18 heteroatoms. The lowest BCUT2D eigenvalue weighted by Gasteiger charge is -2.47. The van der Waals surface area contributed by atoms with E-state index in [0.717, 1.165) is 6.08 Å². The molecule has 61 heavy (non-hydrogen) atoms. The number of hydrogen-bond acceptors (Lipinski definition) is 11. The van der Waals surface area contributed by atoms with Crippen molar-refractivity contribution < 1.29 is 41.7 Å². The molecule has 0 aliphatic carbocycles. The summed E-state index contributed by atoms with van der Waals surface area (Å²) in [5.41, 5.74) is 0.443. The maximum absolute atomic E-state index is 15.7. The van der Waals surface area contributed by atoms with Crippen LogP contribution in [0.15, 0.2) is 66.2 Å². The number of aliphatic hydroxyl groups excluding tert-OH is 1. The number of pyridine rings is 1. The van der Waals surface area contributed by atoms with E-state index in [2.05, 4.69) is 27.2 Å². The maximum Gasteiger partial charge on any atom is 0.409 e. The number of carbonyl (C=O) groups excluding carboxylic acids is 2. The number of benzene rings is 2. The van der Waals surface area contributed by atoms with Crippen LogP contribution in [0.1, 0.15) is 55.1 Å². The fourth-order valence-electron chi connectivity index (χ4n) is 7.99. The van der Waals surface area contributed by atoms with Gasteiger partial charge in [-0.15, -0.1) is 0 Å². The van der Waals surface area contributed by atoms with Gasteiger partial charge in [0.25, 0.3) is 11.5 Å². The Bertz CT molecular complexity index is 2390. The largest absolute Gasteiger partial charge is 0.491 e. The monoisotopic (exact) mass is 848 g/mol. The molecule has 14 nitrogen and oxygen atoms in total. The van der Waals surface area contributed by atoms with Gasteiger partial charge in [0.2, 0.25) is 5.91 Å². The second kappa shape index (κ2) is 17.3. The molecule has 2 amide bonds. The molecule has 3 aliphatic rings. The Balaban J connectivity index is 1.21. The van der Waals surface area contributed by atoms with E-state index in [1.54, 1.807) is 12.1 Å². The number of carbonyl (C=O) groups is 2. The van der Waals surface area contributed by atoms with Crippen LogP contribution < -0.4 is 30.7 Å². The number of amides is 2. The average molecular weight is 849 g/mol. The number of halogens is 4. The van der Waals surface area contributed by atoms with Crippen molar-refractivity contribution in [1.29, 1.82) is 0 Å². The minimum Gasteiger partial charge on any atom is -0.491 e. The number of aromatic nitrogens is 3. The van der Waals surface area contributed by atoms with Crippen LogP contribution in [0.5, 0.6) is 5.75 Å². The summed E-state index contributed by atoms with van der Waals surface area (Å²) in [6.07, 6.45) is 0.522. The molecule has 4 aromatic rings. The Morgan fingerprint density at radius 1 is 1.05 bits per heavy atom. The lowest BCUT2D eigenvalue weighted by Crippen LogP contribution is -2.61. The standard InChI is InChI=1S/C43H48F4N8O6/c1-6-36(57)50-31-21-26(7-8-33(31)54-14-13-53(23-35(54)43(45,46)47)27-10-16-60-17-11-27)49-38-41(59)52(5)22-32(51-38)28-9-12-48-39(29(28)24-56)55-15-18-61-34-20-25(42(2,3)4)19-30(44)37(34)40(55)58/h6-9,12,19-22,27,35,56H,1,10-11,13-18,23-24H2,2-5H3,(H,49,51)(H,50,57)/t35-/m1/s1. The lowest BCUT2D eigenvalue weighted by atomic mass is 9.86. The van der Waals surface area contributed by atoms with E-state index in [1.807, 2.05) is 25.7 Å². The zero-order chi connectivity index (χ0) is 43.8. The van der Waals surface area contributed by atoms with Gasteiger partial charge in [-0.1, -0.05) is 27.4 Å². The van der Waals surface area contributed by atoms with Gasteiger partial charge in [0.1, 0.15) is 35.6 Å². The summed E-state index contributed by atoms with van der Waals surface area (Å²) in [6.45, 7) is 9.73. The Hall–Kier alpha value is -5.85. The predicted molar refractivity (Wildman–Crippen MR) is 222 cm³/mol. The van der Waals surface area contributed by atoms with Crippen molar-refractivity contribution in [1.82, 2.24) is 19.4 Å². The van der Waals surface area contributed by atoms with Crippen LogP contribution >= 0.6 is 0 Å². The van der Waals surface area contributed by atoms with E-state index in [1.165, 1.54) is 58.1 Å². The minimum absolute atomic E-state index is 0.00606. The molecular weight excluding hydrogens is 801 g/mol. The summed E-state index contributed by atoms with van der Waals surface area (Å²) in [4.78, 5) is 53.5. The fourth-order valence-corrected chi connectivity index (χ4v) is 7.99. The van der Waals surface area contributed by atoms with Crippen molar-refractivity contribution >= 4 is 40.5 Å². The van der Waals surface area contributed by atoms with E-state index in [-0.39, 0.29) is 83.6 Å². The van der Waals surface area contributed by atoms with Gasteiger partial charge >= 0.3 is 6.18 Å². The van der Waals surface area contributed by atoms with Gasteiger partial charge in [0.05, 0.1) is 30.2 Å². The molecule has 0 spiro atoms. The Morgan fingerprint density at radius 3 is 2.49 bits per heavy atom. The van der Waals surface area contributed by atoms with Gasteiger partial charge in [-0.05, 0) is 66.3 Å². The summed E-state index contributed by atoms with van der Waals surface area (Å²) in [5, 5.41) is 16.3. The third kappa shape index (κ3) is 8.97. The zero-order valence-corrected chi connectivity index (χ0v) is 34.3. The van der Waals surface area contributed by atoms with Gasteiger partial charge in [-0.2, -0.15) is 13.2 Å². The van der Waals surface area contributed by atoms with Gasteiger partial charge in [-0.25, -0.2) is 14.4 Å². The van der Waals surface area contributed by atoms with Crippen molar-refractivity contribution in [3.05, 3.63) is 94.3 Å². The molecule has 2 saturated heterocycles. The number of hydrogen-bond donors (Lipinski definition) is 3. The van der Waals surface area contributed by atoms with Gasteiger partial charge in [0, 0.05) is 75.1 Å². The van der Waals surface area contributed by atoms with E-state index in [0.29, 0.717) is 43.7 Å². The Kier molecular flexibility index (Phi) is 12.2. The molecule has 3 aliphatic heterocycles. The molecule has 2 aromatic carbocycles. The molecule has 0 bridgehead atoms. The number of ether oxygens (including phenoxy) is 2. The molecule has 0 radical (unpaired) electrons. The first-order valence-electron chi connectivity index (χ1n) is 19.9. The van der Waals surface area contributed by atoms with Crippen LogP contribution in [-0.4, -0.2) is 101 Å². The highest BCUT2D eigenvalue weighted by molar-refractivity contribution is 6.08. The normalized spacial score (nSPS) is 18.0. The first-order chi connectivity index (χ1) is 29.0. The average Bonchev–Trinajstić information content (AvgIpc) is 3.40. The number of aliphatic hydroxyl groups is 1. The van der Waals surface area contributed by atoms with E-state index in [4.69, 9.17) is 9.47 Å². The fraction of sp³-hybridized carbons (Fsp3) is 0.419. The Morgan fingerprint density at radius 2 is 1.80 bits per heavy atom. The highest BCUT2D eigenvalue weighted by Crippen LogP contribution is 2.39. The van der Waals surface area contributed by atoms with Crippen LogP contribution in [0, 0.1) is 5.82 Å². The zero-order valence-electron chi connectivity index (χ0n) is 34.3. The number of anilines is 5. The highest BCUT2D eigenvalue weighted by atomic mass is 19.4. The first-order valence-corrected chi connectivity index (χ1v) is 19.9. The molecule has 0 saturated carbocycles. The van der Waals surface area contributed by atoms with Gasteiger partial charge in [0.15, 0.2) is 5.82 Å².